The minimum atomic E-state index is 1.09. The highest BCUT2D eigenvalue weighted by atomic mass is 15.1. The molecule has 0 fully saturated rings. The van der Waals surface area contributed by atoms with E-state index in [-0.39, 0.29) is 0 Å². The lowest BCUT2D eigenvalue weighted by Gasteiger charge is -2.30. The van der Waals surface area contributed by atoms with E-state index < -0.39 is 0 Å². The fraction of sp³-hybridized carbons (Fsp3) is 0.261. The fourth-order valence-corrected chi connectivity index (χ4v) is 3.73. The van der Waals surface area contributed by atoms with E-state index in [1.165, 1.54) is 53.9 Å². The van der Waals surface area contributed by atoms with Crippen molar-refractivity contribution in [3.8, 4) is 0 Å². The van der Waals surface area contributed by atoms with Crippen molar-refractivity contribution in [3.63, 3.8) is 0 Å². The molecule has 0 saturated heterocycles. The van der Waals surface area contributed by atoms with Crippen LogP contribution in [0.15, 0.2) is 73.1 Å². The molecule has 1 N–H and O–H groups in total. The lowest BCUT2D eigenvalue weighted by molar-refractivity contribution is 0.766. The van der Waals surface area contributed by atoms with Crippen molar-refractivity contribution in [2.24, 2.45) is 0 Å². The minimum absolute atomic E-state index is 1.09. The fourth-order valence-electron chi connectivity index (χ4n) is 3.73. The summed E-state index contributed by atoms with van der Waals surface area (Å²) in [5.41, 5.74) is 6.76. The third-order valence-electron chi connectivity index (χ3n) is 5.02. The maximum absolute atomic E-state index is 4.19. The van der Waals surface area contributed by atoms with E-state index in [1.807, 2.05) is 18.5 Å². The molecule has 5 rings (SSSR count). The standard InChI is InChI=1S/C14H14N2.C9H11N/c1-2-8-14-12(5-1)6-4-10-16(14)13-7-3-9-15-11-13;1-2-6-9-8(4-1)5-3-7-10-9/h1-3,5,7-9,11H,4,6,10H2;1-2,4,6,10H,3,5,7H2. The number of pyridine rings is 1. The Labute approximate surface area is 155 Å². The molecule has 2 aliphatic rings. The number of hydrogen-bond donors (Lipinski definition) is 1. The summed E-state index contributed by atoms with van der Waals surface area (Å²) < 4.78 is 0. The third kappa shape index (κ3) is 3.72. The second-order valence-corrected chi connectivity index (χ2v) is 6.78. The van der Waals surface area contributed by atoms with Crippen molar-refractivity contribution in [2.75, 3.05) is 23.3 Å². The largest absolute Gasteiger partial charge is 0.385 e. The van der Waals surface area contributed by atoms with E-state index in [4.69, 9.17) is 0 Å². The van der Waals surface area contributed by atoms with Crippen molar-refractivity contribution in [1.29, 1.82) is 0 Å². The quantitative estimate of drug-likeness (QED) is 0.657. The van der Waals surface area contributed by atoms with Gasteiger partial charge in [0.1, 0.15) is 0 Å². The van der Waals surface area contributed by atoms with Crippen molar-refractivity contribution < 1.29 is 0 Å². The van der Waals surface area contributed by atoms with E-state index in [1.54, 1.807) is 0 Å². The highest BCUT2D eigenvalue weighted by Gasteiger charge is 2.17. The minimum Gasteiger partial charge on any atom is -0.385 e. The van der Waals surface area contributed by atoms with Gasteiger partial charge in [-0.3, -0.25) is 4.98 Å². The Hall–Kier alpha value is -2.81. The van der Waals surface area contributed by atoms with Gasteiger partial charge >= 0.3 is 0 Å². The van der Waals surface area contributed by atoms with Gasteiger partial charge in [0.15, 0.2) is 0 Å². The second kappa shape index (κ2) is 8.05. The van der Waals surface area contributed by atoms with E-state index in [0.717, 1.165) is 13.1 Å². The molecule has 0 amide bonds. The van der Waals surface area contributed by atoms with Gasteiger partial charge in [-0.05, 0) is 61.1 Å². The van der Waals surface area contributed by atoms with E-state index >= 15 is 0 Å². The first-order valence-electron chi connectivity index (χ1n) is 9.49. The van der Waals surface area contributed by atoms with Crippen LogP contribution in [0.5, 0.6) is 0 Å². The van der Waals surface area contributed by atoms with Gasteiger partial charge in [-0.2, -0.15) is 0 Å². The Bertz CT molecular complexity index is 820. The number of aromatic nitrogens is 1. The predicted molar refractivity (Wildman–Crippen MR) is 109 cm³/mol. The predicted octanol–water partition coefficient (Wildman–Crippen LogP) is 5.21. The van der Waals surface area contributed by atoms with Crippen molar-refractivity contribution in [2.45, 2.75) is 25.7 Å². The molecule has 1 aromatic heterocycles. The van der Waals surface area contributed by atoms with Crippen LogP contribution in [0.3, 0.4) is 0 Å². The SMILES string of the molecule is c1ccc2c(c1)CCCN2.c1cncc(N2CCCc3ccccc32)c1. The number of fused-ring (bicyclic) bond motifs is 2. The molecular formula is C23H25N3. The van der Waals surface area contributed by atoms with Crippen LogP contribution in [0.2, 0.25) is 0 Å². The smallest absolute Gasteiger partial charge is 0.0597 e. The van der Waals surface area contributed by atoms with Gasteiger partial charge < -0.3 is 10.2 Å². The summed E-state index contributed by atoms with van der Waals surface area (Å²) in [7, 11) is 0. The Morgan fingerprint density at radius 2 is 1.62 bits per heavy atom. The maximum Gasteiger partial charge on any atom is 0.0597 e. The average Bonchev–Trinajstić information content (AvgIpc) is 2.74. The van der Waals surface area contributed by atoms with Crippen LogP contribution in [-0.2, 0) is 12.8 Å². The molecule has 2 aliphatic heterocycles. The molecule has 3 nitrogen and oxygen atoms in total. The van der Waals surface area contributed by atoms with E-state index in [9.17, 15) is 0 Å². The first kappa shape index (κ1) is 16.6. The summed E-state index contributed by atoms with van der Waals surface area (Å²) in [5.74, 6) is 0. The van der Waals surface area contributed by atoms with Gasteiger partial charge in [0.2, 0.25) is 0 Å². The molecule has 0 radical (unpaired) electrons. The van der Waals surface area contributed by atoms with E-state index in [0.29, 0.717) is 0 Å². The summed E-state index contributed by atoms with van der Waals surface area (Å²) in [6, 6.07) is 21.3. The first-order chi connectivity index (χ1) is 12.9. The third-order valence-corrected chi connectivity index (χ3v) is 5.02. The molecule has 0 spiro atoms. The van der Waals surface area contributed by atoms with Crippen LogP contribution in [0.1, 0.15) is 24.0 Å². The van der Waals surface area contributed by atoms with Crippen LogP contribution >= 0.6 is 0 Å². The number of nitrogens with zero attached hydrogens (tertiary/aromatic N) is 2. The van der Waals surface area contributed by atoms with Crippen LogP contribution < -0.4 is 10.2 Å². The van der Waals surface area contributed by atoms with E-state index in [2.05, 4.69) is 69.8 Å². The summed E-state index contributed by atoms with van der Waals surface area (Å²) in [6.07, 6.45) is 8.67. The van der Waals surface area contributed by atoms with Crippen LogP contribution in [0, 0.1) is 0 Å². The molecule has 0 unspecified atom stereocenters. The van der Waals surface area contributed by atoms with Crippen LogP contribution in [-0.4, -0.2) is 18.1 Å². The second-order valence-electron chi connectivity index (χ2n) is 6.78. The number of rotatable bonds is 1. The zero-order chi connectivity index (χ0) is 17.6. The van der Waals surface area contributed by atoms with Crippen LogP contribution in [0.4, 0.5) is 17.1 Å². The van der Waals surface area contributed by atoms with Gasteiger partial charge in [0.05, 0.1) is 11.9 Å². The molecule has 2 aromatic carbocycles. The van der Waals surface area contributed by atoms with Gasteiger partial charge in [-0.15, -0.1) is 0 Å². The number of benzene rings is 2. The maximum atomic E-state index is 4.19. The average molecular weight is 343 g/mol. The van der Waals surface area contributed by atoms with Crippen LogP contribution in [0.25, 0.3) is 0 Å². The summed E-state index contributed by atoms with van der Waals surface area (Å²) in [6.45, 7) is 2.22. The molecule has 3 aromatic rings. The Morgan fingerprint density at radius 3 is 2.46 bits per heavy atom. The van der Waals surface area contributed by atoms with Crippen molar-refractivity contribution in [1.82, 2.24) is 4.98 Å². The Balaban J connectivity index is 0.000000144. The normalized spacial score (nSPS) is 15.0. The van der Waals surface area contributed by atoms with Gasteiger partial charge in [-0.1, -0.05) is 36.4 Å². The molecule has 0 atom stereocenters. The monoisotopic (exact) mass is 343 g/mol. The number of anilines is 3. The summed E-state index contributed by atoms with van der Waals surface area (Å²) in [4.78, 5) is 6.54. The van der Waals surface area contributed by atoms with Crippen molar-refractivity contribution in [3.05, 3.63) is 84.2 Å². The molecular weight excluding hydrogens is 318 g/mol. The lowest BCUT2D eigenvalue weighted by Crippen LogP contribution is -2.24. The number of hydrogen-bond acceptors (Lipinski definition) is 3. The van der Waals surface area contributed by atoms with Gasteiger partial charge in [-0.25, -0.2) is 0 Å². The highest BCUT2D eigenvalue weighted by Crippen LogP contribution is 2.32. The molecule has 26 heavy (non-hydrogen) atoms. The first-order valence-corrected chi connectivity index (χ1v) is 9.49. The lowest BCUT2D eigenvalue weighted by atomic mass is 10.0. The highest BCUT2D eigenvalue weighted by molar-refractivity contribution is 5.67. The summed E-state index contributed by atoms with van der Waals surface area (Å²) in [5, 5.41) is 3.36. The molecule has 3 heteroatoms. The summed E-state index contributed by atoms with van der Waals surface area (Å²) >= 11 is 0. The number of aryl methyl sites for hydroxylation is 2. The Morgan fingerprint density at radius 1 is 0.808 bits per heavy atom. The molecule has 3 heterocycles. The molecule has 0 saturated carbocycles. The zero-order valence-corrected chi connectivity index (χ0v) is 15.1. The zero-order valence-electron chi connectivity index (χ0n) is 15.1. The molecule has 0 bridgehead atoms. The Kier molecular flexibility index (Phi) is 5.15. The molecule has 132 valence electrons. The van der Waals surface area contributed by atoms with Gasteiger partial charge in [0.25, 0.3) is 0 Å². The number of para-hydroxylation sites is 2. The molecule has 0 aliphatic carbocycles. The number of nitrogens with one attached hydrogen (secondary N) is 1. The topological polar surface area (TPSA) is 28.2 Å². The van der Waals surface area contributed by atoms with Gasteiger partial charge in [0, 0.05) is 30.7 Å². The van der Waals surface area contributed by atoms with Crippen molar-refractivity contribution >= 4 is 17.1 Å².